The van der Waals surface area contributed by atoms with Gasteiger partial charge in [0, 0.05) is 57.8 Å². The molecule has 1 saturated carbocycles. The third kappa shape index (κ3) is 5.55. The lowest BCUT2D eigenvalue weighted by Gasteiger charge is -2.36. The van der Waals surface area contributed by atoms with Gasteiger partial charge in [-0.1, -0.05) is 26.0 Å². The van der Waals surface area contributed by atoms with Crippen molar-refractivity contribution in [1.82, 2.24) is 4.90 Å². The fourth-order valence-corrected chi connectivity index (χ4v) is 4.25. The Hall–Kier alpha value is -1.88. The molecule has 148 valence electrons. The summed E-state index contributed by atoms with van der Waals surface area (Å²) in [5.74, 6) is 1.30. The molecule has 0 amide bonds. The molecule has 0 spiro atoms. The zero-order chi connectivity index (χ0) is 19.3. The minimum atomic E-state index is 0.0863. The molecule has 1 saturated heterocycles. The molecule has 0 N–H and O–H groups in total. The van der Waals surface area contributed by atoms with E-state index in [1.807, 2.05) is 12.1 Å². The van der Waals surface area contributed by atoms with E-state index in [9.17, 15) is 4.79 Å². The standard InChI is InChI=1S/C22H33N3O2/c1-22(2)16-18(15-19(26)17-22)23-9-6-10-24-11-13-25(14-12-24)20-7-4-5-8-21(20)27-3/h4-5,7-8H,6,9-17H2,1-3H3. The van der Waals surface area contributed by atoms with E-state index in [-0.39, 0.29) is 5.41 Å². The largest absolute Gasteiger partial charge is 0.495 e. The Kier molecular flexibility index (Phi) is 6.53. The van der Waals surface area contributed by atoms with Gasteiger partial charge in [-0.15, -0.1) is 0 Å². The van der Waals surface area contributed by atoms with E-state index in [0.717, 1.165) is 63.6 Å². The van der Waals surface area contributed by atoms with Crippen molar-refractivity contribution >= 4 is 17.2 Å². The number of carbonyl (C=O) groups is 1. The van der Waals surface area contributed by atoms with Crippen molar-refractivity contribution in [3.63, 3.8) is 0 Å². The number of ether oxygens (including phenoxy) is 1. The van der Waals surface area contributed by atoms with E-state index in [1.165, 1.54) is 5.69 Å². The van der Waals surface area contributed by atoms with Crippen LogP contribution < -0.4 is 9.64 Å². The first-order chi connectivity index (χ1) is 13.0. The molecule has 5 heteroatoms. The summed E-state index contributed by atoms with van der Waals surface area (Å²) in [6.45, 7) is 10.4. The zero-order valence-corrected chi connectivity index (χ0v) is 17.0. The van der Waals surface area contributed by atoms with Crippen LogP contribution in [0.3, 0.4) is 0 Å². The van der Waals surface area contributed by atoms with Gasteiger partial charge in [0.25, 0.3) is 0 Å². The number of hydrogen-bond acceptors (Lipinski definition) is 5. The molecular weight excluding hydrogens is 338 g/mol. The highest BCUT2D eigenvalue weighted by molar-refractivity contribution is 6.04. The molecule has 0 atom stereocenters. The van der Waals surface area contributed by atoms with Gasteiger partial charge in [-0.05, 0) is 30.4 Å². The van der Waals surface area contributed by atoms with E-state index in [1.54, 1.807) is 7.11 Å². The first-order valence-electron chi connectivity index (χ1n) is 10.1. The number of piperazine rings is 1. The monoisotopic (exact) mass is 371 g/mol. The summed E-state index contributed by atoms with van der Waals surface area (Å²) in [4.78, 5) is 21.5. The van der Waals surface area contributed by atoms with Gasteiger partial charge in [-0.2, -0.15) is 0 Å². The number of benzene rings is 1. The summed E-state index contributed by atoms with van der Waals surface area (Å²) in [5.41, 5.74) is 2.39. The van der Waals surface area contributed by atoms with Crippen molar-refractivity contribution < 1.29 is 9.53 Å². The molecule has 0 bridgehead atoms. The molecule has 0 unspecified atom stereocenters. The van der Waals surface area contributed by atoms with Crippen LogP contribution in [0.5, 0.6) is 5.75 Å². The highest BCUT2D eigenvalue weighted by atomic mass is 16.5. The maximum absolute atomic E-state index is 11.9. The molecule has 0 radical (unpaired) electrons. The van der Waals surface area contributed by atoms with Crippen LogP contribution in [0.2, 0.25) is 0 Å². The van der Waals surface area contributed by atoms with Gasteiger partial charge in [0.1, 0.15) is 11.5 Å². The summed E-state index contributed by atoms with van der Waals surface area (Å²) in [6, 6.07) is 8.25. The number of methoxy groups -OCH3 is 1. The van der Waals surface area contributed by atoms with E-state index in [4.69, 9.17) is 9.73 Å². The molecule has 27 heavy (non-hydrogen) atoms. The highest BCUT2D eigenvalue weighted by Crippen LogP contribution is 2.32. The second-order valence-corrected chi connectivity index (χ2v) is 8.54. The molecule has 2 fully saturated rings. The normalized spacial score (nSPS) is 22.3. The Morgan fingerprint density at radius 2 is 1.85 bits per heavy atom. The van der Waals surface area contributed by atoms with Crippen LogP contribution >= 0.6 is 0 Å². The van der Waals surface area contributed by atoms with Crippen molar-refractivity contribution in [2.75, 3.05) is 51.3 Å². The Labute approximate surface area is 163 Å². The molecule has 0 aromatic heterocycles. The predicted octanol–water partition coefficient (Wildman–Crippen LogP) is 3.43. The lowest BCUT2D eigenvalue weighted by Crippen LogP contribution is -2.46. The number of aliphatic imine (C=N–C) groups is 1. The van der Waals surface area contributed by atoms with E-state index >= 15 is 0 Å². The minimum absolute atomic E-state index is 0.0863. The second kappa shape index (κ2) is 8.87. The maximum atomic E-state index is 11.9. The Bertz CT molecular complexity index is 676. The number of Topliss-reactive ketones (excluding diaryl/α,β-unsaturated/α-hetero) is 1. The smallest absolute Gasteiger partial charge is 0.142 e. The lowest BCUT2D eigenvalue weighted by atomic mass is 9.76. The third-order valence-electron chi connectivity index (χ3n) is 5.53. The second-order valence-electron chi connectivity index (χ2n) is 8.54. The summed E-state index contributed by atoms with van der Waals surface area (Å²) in [6.07, 6.45) is 3.30. The number of para-hydroxylation sites is 2. The van der Waals surface area contributed by atoms with Gasteiger partial charge < -0.3 is 9.64 Å². The molecule has 1 aliphatic heterocycles. The van der Waals surface area contributed by atoms with E-state index in [2.05, 4.69) is 35.8 Å². The molecule has 1 aromatic carbocycles. The van der Waals surface area contributed by atoms with Crippen LogP contribution in [0.25, 0.3) is 0 Å². The highest BCUT2D eigenvalue weighted by Gasteiger charge is 2.30. The molecule has 1 aromatic rings. The minimum Gasteiger partial charge on any atom is -0.495 e. The molecule has 1 heterocycles. The van der Waals surface area contributed by atoms with Crippen molar-refractivity contribution in [2.24, 2.45) is 10.4 Å². The third-order valence-corrected chi connectivity index (χ3v) is 5.53. The summed E-state index contributed by atoms with van der Waals surface area (Å²) < 4.78 is 5.49. The fourth-order valence-electron chi connectivity index (χ4n) is 4.25. The zero-order valence-electron chi connectivity index (χ0n) is 17.0. The number of ketones is 1. The van der Waals surface area contributed by atoms with Gasteiger partial charge >= 0.3 is 0 Å². The SMILES string of the molecule is COc1ccccc1N1CCN(CCCN=C2CC(=O)CC(C)(C)C2)CC1. The molecular formula is C22H33N3O2. The Morgan fingerprint density at radius 1 is 1.11 bits per heavy atom. The topological polar surface area (TPSA) is 45.1 Å². The summed E-state index contributed by atoms with van der Waals surface area (Å²) in [5, 5.41) is 0. The van der Waals surface area contributed by atoms with E-state index < -0.39 is 0 Å². The maximum Gasteiger partial charge on any atom is 0.142 e. The first-order valence-corrected chi connectivity index (χ1v) is 10.1. The van der Waals surface area contributed by atoms with Crippen LogP contribution in [0, 0.1) is 5.41 Å². The molecule has 5 nitrogen and oxygen atoms in total. The average molecular weight is 372 g/mol. The van der Waals surface area contributed by atoms with Crippen LogP contribution in [0.4, 0.5) is 5.69 Å². The Balaban J connectivity index is 1.41. The average Bonchev–Trinajstić information content (AvgIpc) is 2.64. The molecule has 2 aliphatic rings. The molecule has 3 rings (SSSR count). The van der Waals surface area contributed by atoms with E-state index in [0.29, 0.717) is 18.6 Å². The van der Waals surface area contributed by atoms with Gasteiger partial charge in [0.2, 0.25) is 0 Å². The van der Waals surface area contributed by atoms with Gasteiger partial charge in [0.05, 0.1) is 12.8 Å². The lowest BCUT2D eigenvalue weighted by molar-refractivity contribution is -0.120. The van der Waals surface area contributed by atoms with Gasteiger partial charge in [-0.3, -0.25) is 14.7 Å². The van der Waals surface area contributed by atoms with Crippen molar-refractivity contribution in [2.45, 2.75) is 39.5 Å². The van der Waals surface area contributed by atoms with Crippen LogP contribution in [0.15, 0.2) is 29.3 Å². The van der Waals surface area contributed by atoms with Gasteiger partial charge in [0.15, 0.2) is 0 Å². The Morgan fingerprint density at radius 3 is 2.56 bits per heavy atom. The first kappa shape index (κ1) is 19.9. The van der Waals surface area contributed by atoms with Crippen LogP contribution in [-0.4, -0.2) is 62.8 Å². The van der Waals surface area contributed by atoms with Crippen molar-refractivity contribution in [3.8, 4) is 5.75 Å². The predicted molar refractivity (Wildman–Crippen MR) is 111 cm³/mol. The number of rotatable bonds is 6. The number of hydrogen-bond donors (Lipinski definition) is 0. The van der Waals surface area contributed by atoms with Crippen molar-refractivity contribution in [1.29, 1.82) is 0 Å². The molecule has 1 aliphatic carbocycles. The van der Waals surface area contributed by atoms with Crippen molar-refractivity contribution in [3.05, 3.63) is 24.3 Å². The van der Waals surface area contributed by atoms with Gasteiger partial charge in [-0.25, -0.2) is 0 Å². The van der Waals surface area contributed by atoms with Crippen LogP contribution in [-0.2, 0) is 4.79 Å². The fraction of sp³-hybridized carbons (Fsp3) is 0.636. The van der Waals surface area contributed by atoms with Crippen LogP contribution in [0.1, 0.15) is 39.5 Å². The number of anilines is 1. The number of carbonyl (C=O) groups excluding carboxylic acids is 1. The summed E-state index contributed by atoms with van der Waals surface area (Å²) >= 11 is 0. The number of nitrogens with zero attached hydrogens (tertiary/aromatic N) is 3. The summed E-state index contributed by atoms with van der Waals surface area (Å²) in [7, 11) is 1.73. The quantitative estimate of drug-likeness (QED) is 0.719.